The number of aromatic amines is 1. The van der Waals surface area contributed by atoms with Gasteiger partial charge in [-0.3, -0.25) is 9.89 Å². The molecule has 0 bridgehead atoms. The third kappa shape index (κ3) is 2.28. The van der Waals surface area contributed by atoms with E-state index in [-0.39, 0.29) is 5.91 Å². The monoisotopic (exact) mass is 287 g/mol. The van der Waals surface area contributed by atoms with Crippen LogP contribution in [0.2, 0.25) is 5.02 Å². The maximum atomic E-state index is 12.1. The number of nitrogens with one attached hydrogen (secondary N) is 2. The molecule has 0 aliphatic heterocycles. The minimum absolute atomic E-state index is 0.262. The fourth-order valence-electron chi connectivity index (χ4n) is 1.84. The second-order valence-corrected chi connectivity index (χ2v) is 4.45. The van der Waals surface area contributed by atoms with E-state index in [0.29, 0.717) is 22.0 Å². The highest BCUT2D eigenvalue weighted by Gasteiger charge is 2.13. The van der Waals surface area contributed by atoms with Gasteiger partial charge in [-0.15, -0.1) is 0 Å². The molecule has 2 aromatic heterocycles. The summed E-state index contributed by atoms with van der Waals surface area (Å²) in [6.07, 6.45) is 8.00. The number of benzene rings is 1. The fourth-order valence-corrected chi connectivity index (χ4v) is 2.11. The zero-order valence-electron chi connectivity index (χ0n) is 10.2. The van der Waals surface area contributed by atoms with Crippen molar-refractivity contribution in [3.8, 4) is 5.69 Å². The minimum Gasteiger partial charge on any atom is -0.320 e. The minimum atomic E-state index is -0.262. The van der Waals surface area contributed by atoms with E-state index in [1.54, 1.807) is 41.5 Å². The average molecular weight is 288 g/mol. The highest BCUT2D eigenvalue weighted by Crippen LogP contribution is 2.28. The summed E-state index contributed by atoms with van der Waals surface area (Å²) in [5, 5.41) is 9.68. The molecule has 3 rings (SSSR count). The Morgan fingerprint density at radius 3 is 3.00 bits per heavy atom. The van der Waals surface area contributed by atoms with Crippen molar-refractivity contribution in [3.63, 3.8) is 0 Å². The Morgan fingerprint density at radius 1 is 1.40 bits per heavy atom. The van der Waals surface area contributed by atoms with E-state index in [9.17, 15) is 4.79 Å². The highest BCUT2D eigenvalue weighted by molar-refractivity contribution is 6.33. The van der Waals surface area contributed by atoms with E-state index in [4.69, 9.17) is 11.6 Å². The van der Waals surface area contributed by atoms with Crippen LogP contribution >= 0.6 is 11.6 Å². The van der Waals surface area contributed by atoms with Gasteiger partial charge in [0.15, 0.2) is 0 Å². The van der Waals surface area contributed by atoms with E-state index in [2.05, 4.69) is 20.5 Å². The molecule has 0 saturated heterocycles. The van der Waals surface area contributed by atoms with Gasteiger partial charge in [-0.1, -0.05) is 17.7 Å². The maximum Gasteiger partial charge on any atom is 0.258 e. The van der Waals surface area contributed by atoms with Crippen molar-refractivity contribution in [1.29, 1.82) is 0 Å². The van der Waals surface area contributed by atoms with Gasteiger partial charge < -0.3 is 9.88 Å². The van der Waals surface area contributed by atoms with Crippen molar-refractivity contribution in [2.45, 2.75) is 0 Å². The molecule has 6 nitrogen and oxygen atoms in total. The molecule has 0 aliphatic carbocycles. The van der Waals surface area contributed by atoms with Gasteiger partial charge in [0.05, 0.1) is 34.5 Å². The molecule has 1 aromatic carbocycles. The standard InChI is InChI=1S/C13H10ClN5O/c14-10-2-1-3-11(12(10)19-5-4-15-8-19)18-13(20)9-6-16-17-7-9/h1-8H,(H,16,17)(H,18,20). The first-order valence-corrected chi connectivity index (χ1v) is 6.20. The van der Waals surface area contributed by atoms with Gasteiger partial charge in [-0.05, 0) is 12.1 Å². The molecule has 2 N–H and O–H groups in total. The highest BCUT2D eigenvalue weighted by atomic mass is 35.5. The number of carbonyl (C=O) groups is 1. The van der Waals surface area contributed by atoms with Crippen LogP contribution in [0, 0.1) is 0 Å². The Hall–Kier alpha value is -2.60. The lowest BCUT2D eigenvalue weighted by Crippen LogP contribution is -2.13. The van der Waals surface area contributed by atoms with Crippen molar-refractivity contribution in [2.75, 3.05) is 5.32 Å². The second kappa shape index (κ2) is 5.18. The SMILES string of the molecule is O=C(Nc1cccc(Cl)c1-n1ccnc1)c1cn[nH]c1. The van der Waals surface area contributed by atoms with Crippen molar-refractivity contribution in [1.82, 2.24) is 19.7 Å². The molecule has 0 radical (unpaired) electrons. The predicted molar refractivity (Wildman–Crippen MR) is 75.1 cm³/mol. The smallest absolute Gasteiger partial charge is 0.258 e. The molecule has 2 heterocycles. The molecule has 3 aromatic rings. The number of hydrogen-bond donors (Lipinski definition) is 2. The largest absolute Gasteiger partial charge is 0.320 e. The first-order chi connectivity index (χ1) is 9.75. The number of para-hydroxylation sites is 1. The zero-order valence-corrected chi connectivity index (χ0v) is 11.0. The summed E-state index contributed by atoms with van der Waals surface area (Å²) in [5.41, 5.74) is 1.71. The first kappa shape index (κ1) is 12.4. The van der Waals surface area contributed by atoms with Crippen molar-refractivity contribution in [2.24, 2.45) is 0 Å². The molecule has 0 aliphatic rings. The molecule has 1 amide bonds. The van der Waals surface area contributed by atoms with Crippen molar-refractivity contribution >= 4 is 23.2 Å². The van der Waals surface area contributed by atoms with Gasteiger partial charge >= 0.3 is 0 Å². The van der Waals surface area contributed by atoms with Gasteiger partial charge in [-0.2, -0.15) is 5.10 Å². The van der Waals surface area contributed by atoms with Gasteiger partial charge in [0.25, 0.3) is 5.91 Å². The molecule has 0 fully saturated rings. The van der Waals surface area contributed by atoms with E-state index >= 15 is 0 Å². The molecule has 0 spiro atoms. The van der Waals surface area contributed by atoms with Crippen LogP contribution in [-0.2, 0) is 0 Å². The van der Waals surface area contributed by atoms with Crippen LogP contribution < -0.4 is 5.32 Å². The third-order valence-electron chi connectivity index (χ3n) is 2.76. The van der Waals surface area contributed by atoms with Gasteiger partial charge in [0.1, 0.15) is 0 Å². The number of nitrogens with zero attached hydrogens (tertiary/aromatic N) is 3. The lowest BCUT2D eigenvalue weighted by Gasteiger charge is -2.12. The molecule has 100 valence electrons. The van der Waals surface area contributed by atoms with Crippen LogP contribution in [-0.4, -0.2) is 25.7 Å². The van der Waals surface area contributed by atoms with E-state index in [0.717, 1.165) is 0 Å². The van der Waals surface area contributed by atoms with Crippen LogP contribution in [0.25, 0.3) is 5.69 Å². The Balaban J connectivity index is 1.98. The van der Waals surface area contributed by atoms with Crippen molar-refractivity contribution in [3.05, 3.63) is 59.9 Å². The molecular weight excluding hydrogens is 278 g/mol. The second-order valence-electron chi connectivity index (χ2n) is 4.05. The number of imidazole rings is 1. The number of carbonyl (C=O) groups excluding carboxylic acids is 1. The van der Waals surface area contributed by atoms with Gasteiger partial charge in [-0.25, -0.2) is 4.98 Å². The van der Waals surface area contributed by atoms with Crippen LogP contribution in [0.3, 0.4) is 0 Å². The van der Waals surface area contributed by atoms with Gasteiger partial charge in [0, 0.05) is 18.6 Å². The first-order valence-electron chi connectivity index (χ1n) is 5.82. The lowest BCUT2D eigenvalue weighted by molar-refractivity contribution is 0.102. The number of halogens is 1. The molecule has 7 heteroatoms. The number of rotatable bonds is 3. The summed E-state index contributed by atoms with van der Waals surface area (Å²) in [4.78, 5) is 16.1. The summed E-state index contributed by atoms with van der Waals surface area (Å²) >= 11 is 6.21. The molecule has 0 saturated carbocycles. The predicted octanol–water partition coefficient (Wildman–Crippen LogP) is 2.50. The van der Waals surface area contributed by atoms with E-state index < -0.39 is 0 Å². The summed E-state index contributed by atoms with van der Waals surface area (Å²) in [7, 11) is 0. The summed E-state index contributed by atoms with van der Waals surface area (Å²) < 4.78 is 1.74. The van der Waals surface area contributed by atoms with Crippen LogP contribution in [0.4, 0.5) is 5.69 Å². The Bertz CT molecular complexity index is 721. The third-order valence-corrected chi connectivity index (χ3v) is 3.06. The fraction of sp³-hybridized carbons (Fsp3) is 0. The summed E-state index contributed by atoms with van der Waals surface area (Å²) in [5.74, 6) is -0.262. The lowest BCUT2D eigenvalue weighted by atomic mass is 10.2. The zero-order chi connectivity index (χ0) is 13.9. The quantitative estimate of drug-likeness (QED) is 0.777. The molecular formula is C13H10ClN5O. The normalized spacial score (nSPS) is 10.4. The average Bonchev–Trinajstić information content (AvgIpc) is 3.12. The number of H-pyrrole nitrogens is 1. The number of anilines is 1. The van der Waals surface area contributed by atoms with Crippen LogP contribution in [0.1, 0.15) is 10.4 Å². The maximum absolute atomic E-state index is 12.1. The number of aromatic nitrogens is 4. The molecule has 20 heavy (non-hydrogen) atoms. The van der Waals surface area contributed by atoms with Crippen LogP contribution in [0.5, 0.6) is 0 Å². The van der Waals surface area contributed by atoms with E-state index in [1.165, 1.54) is 12.4 Å². The Morgan fingerprint density at radius 2 is 2.30 bits per heavy atom. The van der Waals surface area contributed by atoms with Crippen LogP contribution in [0.15, 0.2) is 49.3 Å². The Labute approximate surface area is 119 Å². The van der Waals surface area contributed by atoms with E-state index in [1.807, 2.05) is 0 Å². The summed E-state index contributed by atoms with van der Waals surface area (Å²) in [6, 6.07) is 5.30. The number of hydrogen-bond acceptors (Lipinski definition) is 3. The van der Waals surface area contributed by atoms with Crippen molar-refractivity contribution < 1.29 is 4.79 Å². The summed E-state index contributed by atoms with van der Waals surface area (Å²) in [6.45, 7) is 0. The topological polar surface area (TPSA) is 75.6 Å². The molecule has 0 unspecified atom stereocenters. The number of amides is 1. The Kier molecular flexibility index (Phi) is 3.22. The van der Waals surface area contributed by atoms with Gasteiger partial charge in [0.2, 0.25) is 0 Å². The molecule has 0 atom stereocenters.